The summed E-state index contributed by atoms with van der Waals surface area (Å²) in [5.74, 6) is 5.27. The van der Waals surface area contributed by atoms with Crippen LogP contribution in [0.4, 0.5) is 14.9 Å². The van der Waals surface area contributed by atoms with Gasteiger partial charge in [-0.15, -0.1) is 4.68 Å². The third kappa shape index (κ3) is 4.24. The van der Waals surface area contributed by atoms with Crippen molar-refractivity contribution < 1.29 is 9.18 Å². The number of aryl methyl sites for hydroxylation is 2. The summed E-state index contributed by atoms with van der Waals surface area (Å²) in [5, 5.41) is 7.63. The first kappa shape index (κ1) is 22.3. The number of nitrogens with zero attached hydrogens (tertiary/aromatic N) is 5. The highest BCUT2D eigenvalue weighted by Crippen LogP contribution is 2.26. The lowest BCUT2D eigenvalue weighted by Crippen LogP contribution is -2.41. The molecule has 0 bridgehead atoms. The molecule has 0 N–H and O–H groups in total. The Morgan fingerprint density at radius 3 is 2.51 bits per heavy atom. The van der Waals surface area contributed by atoms with Crippen LogP contribution < -0.4 is 10.6 Å². The number of amides is 1. The van der Waals surface area contributed by atoms with Crippen LogP contribution in [0.25, 0.3) is 5.69 Å². The summed E-state index contributed by atoms with van der Waals surface area (Å²) in [6.07, 6.45) is 2.56. The second kappa shape index (κ2) is 9.39. The SMILES string of the molecule is Cc1ccccc1C#Cc1cccc(F)c1-n1nnn(C(=O)N2CCCCc3ccccc32)c1=O. The lowest BCUT2D eigenvalue weighted by molar-refractivity contribution is 0.243. The molecule has 1 aliphatic rings. The van der Waals surface area contributed by atoms with Crippen molar-refractivity contribution in [2.45, 2.75) is 26.2 Å². The van der Waals surface area contributed by atoms with Gasteiger partial charge in [0.15, 0.2) is 0 Å². The predicted molar refractivity (Wildman–Crippen MR) is 130 cm³/mol. The van der Waals surface area contributed by atoms with Crippen LogP contribution in [0.15, 0.2) is 71.5 Å². The lowest BCUT2D eigenvalue weighted by Gasteiger charge is -2.21. The highest BCUT2D eigenvalue weighted by molar-refractivity contribution is 5.93. The van der Waals surface area contributed by atoms with Crippen molar-refractivity contribution in [1.82, 2.24) is 19.8 Å². The molecule has 0 atom stereocenters. The Balaban J connectivity index is 1.55. The number of hydrogen-bond donors (Lipinski definition) is 0. The van der Waals surface area contributed by atoms with Crippen LogP contribution in [0.5, 0.6) is 0 Å². The number of fused-ring (bicyclic) bond motifs is 1. The van der Waals surface area contributed by atoms with Gasteiger partial charge in [-0.2, -0.15) is 4.68 Å². The Bertz CT molecular complexity index is 1540. The Hall–Kier alpha value is -4.51. The molecule has 7 nitrogen and oxygen atoms in total. The molecule has 1 aliphatic heterocycles. The van der Waals surface area contributed by atoms with Crippen LogP contribution in [-0.4, -0.2) is 32.4 Å². The molecule has 0 saturated heterocycles. The number of para-hydroxylation sites is 2. The Labute approximate surface area is 201 Å². The molecule has 4 aromatic rings. The van der Waals surface area contributed by atoms with Crippen molar-refractivity contribution in [3.05, 3.63) is 105 Å². The minimum absolute atomic E-state index is 0.145. The average Bonchev–Trinajstić information content (AvgIpc) is 3.10. The van der Waals surface area contributed by atoms with Gasteiger partial charge in [-0.1, -0.05) is 54.3 Å². The number of anilines is 1. The van der Waals surface area contributed by atoms with E-state index in [1.807, 2.05) is 55.5 Å². The number of rotatable bonds is 1. The molecule has 8 heteroatoms. The van der Waals surface area contributed by atoms with Crippen LogP contribution in [0.2, 0.25) is 0 Å². The van der Waals surface area contributed by atoms with Crippen LogP contribution in [-0.2, 0) is 6.42 Å². The topological polar surface area (TPSA) is 73.0 Å². The zero-order chi connectivity index (χ0) is 24.4. The van der Waals surface area contributed by atoms with E-state index in [2.05, 4.69) is 22.3 Å². The van der Waals surface area contributed by atoms with Gasteiger partial charge in [0, 0.05) is 17.8 Å². The van der Waals surface area contributed by atoms with Crippen LogP contribution in [0, 0.1) is 24.6 Å². The second-order valence-electron chi connectivity index (χ2n) is 8.31. The zero-order valence-electron chi connectivity index (χ0n) is 19.1. The van der Waals surface area contributed by atoms with E-state index in [9.17, 15) is 14.0 Å². The van der Waals surface area contributed by atoms with E-state index >= 15 is 0 Å². The Kier molecular flexibility index (Phi) is 5.98. The molecule has 0 spiro atoms. The third-order valence-electron chi connectivity index (χ3n) is 6.03. The van der Waals surface area contributed by atoms with E-state index in [4.69, 9.17) is 0 Å². The third-order valence-corrected chi connectivity index (χ3v) is 6.03. The number of tetrazole rings is 1. The van der Waals surface area contributed by atoms with Gasteiger partial charge in [-0.25, -0.2) is 14.0 Å². The first-order valence-corrected chi connectivity index (χ1v) is 11.4. The highest BCUT2D eigenvalue weighted by Gasteiger charge is 2.27. The van der Waals surface area contributed by atoms with Gasteiger partial charge in [0.2, 0.25) is 0 Å². The van der Waals surface area contributed by atoms with Gasteiger partial charge in [-0.05, 0) is 72.0 Å². The van der Waals surface area contributed by atoms with Gasteiger partial charge in [0.25, 0.3) is 0 Å². The van der Waals surface area contributed by atoms with Gasteiger partial charge in [0.05, 0.1) is 5.56 Å². The van der Waals surface area contributed by atoms with Gasteiger partial charge >= 0.3 is 11.7 Å². The quantitative estimate of drug-likeness (QED) is 0.312. The molecule has 2 heterocycles. The Morgan fingerprint density at radius 2 is 1.66 bits per heavy atom. The molecular formula is C27H22FN5O2. The minimum Gasteiger partial charge on any atom is -0.292 e. The summed E-state index contributed by atoms with van der Waals surface area (Å²) in [6.45, 7) is 2.38. The molecule has 1 aromatic heterocycles. The molecule has 0 unspecified atom stereocenters. The summed E-state index contributed by atoms with van der Waals surface area (Å²) < 4.78 is 16.4. The maximum absolute atomic E-state index is 14.9. The Morgan fingerprint density at radius 1 is 0.914 bits per heavy atom. The van der Waals surface area contributed by atoms with E-state index in [1.165, 1.54) is 17.0 Å². The number of carbonyl (C=O) groups is 1. The molecule has 1 amide bonds. The molecule has 0 fully saturated rings. The average molecular weight is 468 g/mol. The molecule has 5 rings (SSSR count). The molecule has 0 saturated carbocycles. The molecule has 3 aromatic carbocycles. The standard InChI is InChI=1S/C27H22FN5O2/c1-19-9-2-3-10-20(19)16-17-22-13-8-14-23(28)25(22)32-27(35)33(30-29-32)26(34)31-18-7-6-12-21-11-4-5-15-24(21)31/h2-5,8-11,13-15H,6-7,12,18H2,1H3. The molecular weight excluding hydrogens is 445 g/mol. The van der Waals surface area contributed by atoms with E-state index in [0.717, 1.165) is 46.3 Å². The normalized spacial score (nSPS) is 12.9. The number of aromatic nitrogens is 4. The summed E-state index contributed by atoms with van der Waals surface area (Å²) in [4.78, 5) is 28.1. The molecule has 0 radical (unpaired) electrons. The van der Waals surface area contributed by atoms with E-state index < -0.39 is 17.5 Å². The first-order valence-electron chi connectivity index (χ1n) is 11.4. The van der Waals surface area contributed by atoms with Crippen LogP contribution >= 0.6 is 0 Å². The fraction of sp³-hybridized carbons (Fsp3) is 0.185. The fourth-order valence-corrected chi connectivity index (χ4v) is 4.19. The van der Waals surface area contributed by atoms with Crippen molar-refractivity contribution in [2.24, 2.45) is 0 Å². The number of benzene rings is 3. The van der Waals surface area contributed by atoms with Gasteiger partial charge in [0.1, 0.15) is 11.5 Å². The van der Waals surface area contributed by atoms with Crippen molar-refractivity contribution in [3.63, 3.8) is 0 Å². The minimum atomic E-state index is -0.860. The second-order valence-corrected chi connectivity index (χ2v) is 8.31. The van der Waals surface area contributed by atoms with Crippen molar-refractivity contribution in [3.8, 4) is 17.5 Å². The molecule has 35 heavy (non-hydrogen) atoms. The largest absolute Gasteiger partial charge is 0.377 e. The first-order chi connectivity index (χ1) is 17.0. The fourth-order valence-electron chi connectivity index (χ4n) is 4.19. The van der Waals surface area contributed by atoms with Gasteiger partial charge in [-0.3, -0.25) is 4.90 Å². The summed E-state index contributed by atoms with van der Waals surface area (Å²) in [6, 6.07) is 18.9. The number of halogens is 1. The van der Waals surface area contributed by atoms with Crippen LogP contribution in [0.3, 0.4) is 0 Å². The van der Waals surface area contributed by atoms with Gasteiger partial charge < -0.3 is 0 Å². The maximum Gasteiger partial charge on any atom is 0.377 e. The number of hydrogen-bond acceptors (Lipinski definition) is 4. The lowest BCUT2D eigenvalue weighted by atomic mass is 10.1. The monoisotopic (exact) mass is 467 g/mol. The van der Waals surface area contributed by atoms with E-state index in [0.29, 0.717) is 11.2 Å². The predicted octanol–water partition coefficient (Wildman–Crippen LogP) is 4.09. The summed E-state index contributed by atoms with van der Waals surface area (Å²) in [7, 11) is 0. The van der Waals surface area contributed by atoms with Crippen molar-refractivity contribution in [1.29, 1.82) is 0 Å². The smallest absolute Gasteiger partial charge is 0.292 e. The van der Waals surface area contributed by atoms with E-state index in [1.54, 1.807) is 6.07 Å². The van der Waals surface area contributed by atoms with Crippen LogP contribution in [0.1, 0.15) is 35.1 Å². The maximum atomic E-state index is 14.9. The molecule has 0 aliphatic carbocycles. The number of carbonyl (C=O) groups excluding carboxylic acids is 1. The summed E-state index contributed by atoms with van der Waals surface area (Å²) >= 11 is 0. The van der Waals surface area contributed by atoms with Crippen molar-refractivity contribution >= 4 is 11.7 Å². The molecule has 174 valence electrons. The van der Waals surface area contributed by atoms with Crippen molar-refractivity contribution in [2.75, 3.05) is 11.4 Å². The summed E-state index contributed by atoms with van der Waals surface area (Å²) in [5.41, 5.74) is 2.79. The van der Waals surface area contributed by atoms with E-state index in [-0.39, 0.29) is 11.3 Å². The highest BCUT2D eigenvalue weighted by atomic mass is 19.1. The zero-order valence-corrected chi connectivity index (χ0v) is 19.1.